The van der Waals surface area contributed by atoms with Gasteiger partial charge in [0.1, 0.15) is 5.82 Å². The van der Waals surface area contributed by atoms with Crippen molar-refractivity contribution < 1.29 is 0 Å². The highest BCUT2D eigenvalue weighted by molar-refractivity contribution is 7.99. The van der Waals surface area contributed by atoms with Crippen molar-refractivity contribution in [2.45, 2.75) is 44.4 Å². The Hall–Kier alpha value is -0.440. The number of nitrogens with zero attached hydrogens (tertiary/aromatic N) is 2. The fraction of sp³-hybridized carbons (Fsp3) is 0.750. The van der Waals surface area contributed by atoms with Gasteiger partial charge in [0.2, 0.25) is 0 Å². The van der Waals surface area contributed by atoms with E-state index >= 15 is 0 Å². The van der Waals surface area contributed by atoms with Crippen molar-refractivity contribution >= 4 is 11.8 Å². The third-order valence-electron chi connectivity index (χ3n) is 3.53. The molecule has 1 aromatic rings. The molecule has 3 heteroatoms. The van der Waals surface area contributed by atoms with Crippen LogP contribution >= 0.6 is 11.8 Å². The van der Waals surface area contributed by atoms with Gasteiger partial charge in [0.25, 0.3) is 0 Å². The number of fused-ring (bicyclic) bond motifs is 1. The van der Waals surface area contributed by atoms with Crippen LogP contribution in [0.3, 0.4) is 0 Å². The Balaban J connectivity index is 1.85. The van der Waals surface area contributed by atoms with Gasteiger partial charge >= 0.3 is 0 Å². The fourth-order valence-corrected chi connectivity index (χ4v) is 3.81. The van der Waals surface area contributed by atoms with Crippen LogP contribution < -0.4 is 0 Å². The van der Waals surface area contributed by atoms with Crippen molar-refractivity contribution in [1.29, 1.82) is 0 Å². The van der Waals surface area contributed by atoms with Crippen LogP contribution in [-0.2, 0) is 13.0 Å². The van der Waals surface area contributed by atoms with Crippen LogP contribution in [-0.4, -0.2) is 15.3 Å². The van der Waals surface area contributed by atoms with Crippen molar-refractivity contribution in [3.8, 4) is 0 Å². The Morgan fingerprint density at radius 1 is 1.47 bits per heavy atom. The van der Waals surface area contributed by atoms with Gasteiger partial charge in [-0.3, -0.25) is 0 Å². The summed E-state index contributed by atoms with van der Waals surface area (Å²) in [6.07, 6.45) is 7.51. The van der Waals surface area contributed by atoms with Crippen molar-refractivity contribution in [2.24, 2.45) is 5.92 Å². The van der Waals surface area contributed by atoms with Crippen LogP contribution in [0.15, 0.2) is 6.20 Å². The summed E-state index contributed by atoms with van der Waals surface area (Å²) >= 11 is 2.08. The van der Waals surface area contributed by atoms with E-state index in [-0.39, 0.29) is 0 Å². The molecular weight excluding hydrogens is 204 g/mol. The molecule has 3 rings (SSSR count). The molecule has 1 aromatic heterocycles. The molecule has 0 radical (unpaired) electrons. The van der Waals surface area contributed by atoms with Crippen molar-refractivity contribution in [3.05, 3.63) is 17.7 Å². The predicted molar refractivity (Wildman–Crippen MR) is 64.1 cm³/mol. The summed E-state index contributed by atoms with van der Waals surface area (Å²) < 4.78 is 2.38. The van der Waals surface area contributed by atoms with E-state index in [0.29, 0.717) is 5.25 Å². The van der Waals surface area contributed by atoms with E-state index in [0.717, 1.165) is 5.92 Å². The topological polar surface area (TPSA) is 17.8 Å². The Labute approximate surface area is 95.5 Å². The van der Waals surface area contributed by atoms with Gasteiger partial charge in [0.15, 0.2) is 0 Å². The summed E-state index contributed by atoms with van der Waals surface area (Å²) in [7, 11) is 0. The molecule has 0 N–H and O–H groups in total. The minimum absolute atomic E-state index is 0.693. The molecule has 2 unspecified atom stereocenters. The Morgan fingerprint density at radius 2 is 2.40 bits per heavy atom. The van der Waals surface area contributed by atoms with E-state index in [2.05, 4.69) is 29.4 Å². The molecule has 82 valence electrons. The third-order valence-corrected chi connectivity index (χ3v) is 4.94. The molecule has 0 amide bonds. The first-order chi connectivity index (χ1) is 7.33. The summed E-state index contributed by atoms with van der Waals surface area (Å²) in [4.78, 5) is 4.83. The highest BCUT2D eigenvalue weighted by atomic mass is 32.2. The van der Waals surface area contributed by atoms with E-state index < -0.39 is 0 Å². The fourth-order valence-electron chi connectivity index (χ4n) is 2.57. The summed E-state index contributed by atoms with van der Waals surface area (Å²) in [5.74, 6) is 3.48. The first-order valence-corrected chi connectivity index (χ1v) is 7.05. The van der Waals surface area contributed by atoms with E-state index in [1.165, 1.54) is 49.5 Å². The molecule has 0 saturated carbocycles. The van der Waals surface area contributed by atoms with Crippen molar-refractivity contribution in [2.75, 3.05) is 5.75 Å². The number of hydrogen-bond donors (Lipinski definition) is 0. The molecule has 0 spiro atoms. The monoisotopic (exact) mass is 222 g/mol. The highest BCUT2D eigenvalue weighted by Crippen LogP contribution is 2.39. The molecular formula is C12H18N2S. The van der Waals surface area contributed by atoms with Gasteiger partial charge in [-0.05, 0) is 30.9 Å². The maximum Gasteiger partial charge on any atom is 0.109 e. The van der Waals surface area contributed by atoms with Crippen LogP contribution in [0, 0.1) is 5.92 Å². The summed E-state index contributed by atoms with van der Waals surface area (Å²) in [6, 6.07) is 0. The standard InChI is InChI=1S/C12H18N2S/c1-9-4-5-14-8-10(13-12(14)7-9)11-3-2-6-15-11/h8-9,11H,2-7H2,1H3. The number of rotatable bonds is 1. The Kier molecular flexibility index (Phi) is 2.51. The highest BCUT2D eigenvalue weighted by Gasteiger charge is 2.23. The molecule has 1 fully saturated rings. The number of aryl methyl sites for hydroxylation is 1. The van der Waals surface area contributed by atoms with Crippen molar-refractivity contribution in [1.82, 2.24) is 9.55 Å². The lowest BCUT2D eigenvalue weighted by Crippen LogP contribution is -2.16. The van der Waals surface area contributed by atoms with Gasteiger partial charge in [0.05, 0.1) is 5.69 Å². The lowest BCUT2D eigenvalue weighted by atomic mass is 10.0. The van der Waals surface area contributed by atoms with Gasteiger partial charge in [-0.1, -0.05) is 6.92 Å². The second kappa shape index (κ2) is 3.85. The molecule has 3 heterocycles. The molecule has 0 aliphatic carbocycles. The third kappa shape index (κ3) is 1.82. The number of imidazole rings is 1. The van der Waals surface area contributed by atoms with E-state index in [9.17, 15) is 0 Å². The lowest BCUT2D eigenvalue weighted by molar-refractivity contribution is 0.409. The number of aromatic nitrogens is 2. The summed E-state index contributed by atoms with van der Waals surface area (Å²) in [6.45, 7) is 3.52. The number of thioether (sulfide) groups is 1. The SMILES string of the molecule is CC1CCn2cc(C3CCCS3)nc2C1. The summed E-state index contributed by atoms with van der Waals surface area (Å²) in [5, 5.41) is 0.693. The first-order valence-electron chi connectivity index (χ1n) is 6.00. The maximum absolute atomic E-state index is 4.83. The lowest BCUT2D eigenvalue weighted by Gasteiger charge is -2.18. The van der Waals surface area contributed by atoms with Crippen LogP contribution in [0.1, 0.15) is 43.0 Å². The van der Waals surface area contributed by atoms with Gasteiger partial charge in [-0.2, -0.15) is 11.8 Å². The molecule has 0 bridgehead atoms. The zero-order valence-corrected chi connectivity index (χ0v) is 10.1. The molecule has 2 atom stereocenters. The number of hydrogen-bond acceptors (Lipinski definition) is 2. The van der Waals surface area contributed by atoms with Crippen LogP contribution in [0.25, 0.3) is 0 Å². The van der Waals surface area contributed by atoms with E-state index in [1.54, 1.807) is 0 Å². The van der Waals surface area contributed by atoms with Crippen LogP contribution in [0.4, 0.5) is 0 Å². The average molecular weight is 222 g/mol. The molecule has 0 aromatic carbocycles. The van der Waals surface area contributed by atoms with Crippen LogP contribution in [0.2, 0.25) is 0 Å². The Bertz CT molecular complexity index is 353. The second-order valence-electron chi connectivity index (χ2n) is 4.88. The van der Waals surface area contributed by atoms with Gasteiger partial charge in [-0.15, -0.1) is 0 Å². The van der Waals surface area contributed by atoms with Gasteiger partial charge in [0, 0.05) is 24.4 Å². The first kappa shape index (κ1) is 9.76. The molecule has 2 aliphatic rings. The predicted octanol–water partition coefficient (Wildman–Crippen LogP) is 3.03. The zero-order valence-electron chi connectivity index (χ0n) is 9.28. The minimum atomic E-state index is 0.693. The largest absolute Gasteiger partial charge is 0.335 e. The van der Waals surface area contributed by atoms with E-state index in [1.807, 2.05) is 0 Å². The maximum atomic E-state index is 4.83. The van der Waals surface area contributed by atoms with E-state index in [4.69, 9.17) is 4.98 Å². The molecule has 2 aliphatic heterocycles. The zero-order chi connectivity index (χ0) is 10.3. The average Bonchev–Trinajstić information content (AvgIpc) is 2.84. The molecule has 2 nitrogen and oxygen atoms in total. The molecule has 1 saturated heterocycles. The molecule has 15 heavy (non-hydrogen) atoms. The van der Waals surface area contributed by atoms with Gasteiger partial charge < -0.3 is 4.57 Å². The quantitative estimate of drug-likeness (QED) is 0.727. The minimum Gasteiger partial charge on any atom is -0.335 e. The van der Waals surface area contributed by atoms with Gasteiger partial charge in [-0.25, -0.2) is 4.98 Å². The van der Waals surface area contributed by atoms with Crippen molar-refractivity contribution in [3.63, 3.8) is 0 Å². The van der Waals surface area contributed by atoms with Crippen LogP contribution in [0.5, 0.6) is 0 Å². The Morgan fingerprint density at radius 3 is 3.20 bits per heavy atom. The normalized spacial score (nSPS) is 30.5. The second-order valence-corrected chi connectivity index (χ2v) is 6.19. The summed E-state index contributed by atoms with van der Waals surface area (Å²) in [5.41, 5.74) is 1.35. The smallest absolute Gasteiger partial charge is 0.109 e.